The molecule has 2 rings (SSSR count). The number of aliphatic carboxylic acids is 1. The summed E-state index contributed by atoms with van der Waals surface area (Å²) >= 11 is 0. The quantitative estimate of drug-likeness (QED) is 0.817. The molecule has 0 aliphatic carbocycles. The Labute approximate surface area is 104 Å². The molecular weight excluding hydrogens is 230 g/mol. The molecule has 4 nitrogen and oxygen atoms in total. The molecule has 0 bridgehead atoms. The third-order valence-corrected chi connectivity index (χ3v) is 2.72. The molecule has 0 aliphatic heterocycles. The van der Waals surface area contributed by atoms with Crippen LogP contribution >= 0.6 is 0 Å². The Morgan fingerprint density at radius 2 is 1.94 bits per heavy atom. The standard InChI is InChI=1S/C14H13NO3/c16-10-11-5-6-15(8-11)9-13-4-2-1-3-12(13)7-14(17)18/h1-6,8,10H,7,9H2,(H,17,18). The topological polar surface area (TPSA) is 59.3 Å². The smallest absolute Gasteiger partial charge is 0.307 e. The number of benzene rings is 1. The molecule has 0 radical (unpaired) electrons. The van der Waals surface area contributed by atoms with Gasteiger partial charge in [0.1, 0.15) is 0 Å². The fraction of sp³-hybridized carbons (Fsp3) is 0.143. The van der Waals surface area contributed by atoms with E-state index >= 15 is 0 Å². The largest absolute Gasteiger partial charge is 0.481 e. The van der Waals surface area contributed by atoms with E-state index in [-0.39, 0.29) is 6.42 Å². The molecule has 0 saturated carbocycles. The van der Waals surface area contributed by atoms with E-state index in [2.05, 4.69) is 0 Å². The van der Waals surface area contributed by atoms with Crippen molar-refractivity contribution in [2.75, 3.05) is 0 Å². The lowest BCUT2D eigenvalue weighted by molar-refractivity contribution is -0.136. The van der Waals surface area contributed by atoms with Crippen molar-refractivity contribution in [2.45, 2.75) is 13.0 Å². The van der Waals surface area contributed by atoms with Crippen molar-refractivity contribution in [3.8, 4) is 0 Å². The van der Waals surface area contributed by atoms with Crippen molar-refractivity contribution in [1.29, 1.82) is 0 Å². The summed E-state index contributed by atoms with van der Waals surface area (Å²) in [6.45, 7) is 0.567. The lowest BCUT2D eigenvalue weighted by Gasteiger charge is -2.08. The molecule has 1 N–H and O–H groups in total. The SMILES string of the molecule is O=Cc1ccn(Cc2ccccc2CC(=O)O)c1. The molecule has 0 atom stereocenters. The summed E-state index contributed by atoms with van der Waals surface area (Å²) in [7, 11) is 0. The highest BCUT2D eigenvalue weighted by atomic mass is 16.4. The van der Waals surface area contributed by atoms with Crippen molar-refractivity contribution < 1.29 is 14.7 Å². The van der Waals surface area contributed by atoms with E-state index in [1.807, 2.05) is 28.8 Å². The summed E-state index contributed by atoms with van der Waals surface area (Å²) in [5.41, 5.74) is 2.37. The predicted octanol–water partition coefficient (Wildman–Crippen LogP) is 1.98. The van der Waals surface area contributed by atoms with E-state index in [0.717, 1.165) is 17.4 Å². The fourth-order valence-electron chi connectivity index (χ4n) is 1.87. The molecule has 0 aliphatic rings. The minimum Gasteiger partial charge on any atom is -0.481 e. The van der Waals surface area contributed by atoms with Crippen LogP contribution in [-0.2, 0) is 17.8 Å². The molecule has 0 unspecified atom stereocenters. The van der Waals surface area contributed by atoms with E-state index in [4.69, 9.17) is 5.11 Å². The number of carboxylic acid groups (broad SMARTS) is 1. The fourth-order valence-corrected chi connectivity index (χ4v) is 1.87. The number of aldehydes is 1. The number of hydrogen-bond donors (Lipinski definition) is 1. The van der Waals surface area contributed by atoms with Gasteiger partial charge in [-0.1, -0.05) is 24.3 Å². The van der Waals surface area contributed by atoms with E-state index < -0.39 is 5.97 Å². The minimum atomic E-state index is -0.844. The molecule has 2 aromatic rings. The first-order valence-electron chi connectivity index (χ1n) is 5.58. The molecule has 0 spiro atoms. The Bertz CT molecular complexity index is 572. The maximum absolute atomic E-state index is 10.8. The second-order valence-electron chi connectivity index (χ2n) is 4.07. The Morgan fingerprint density at radius 3 is 2.56 bits per heavy atom. The second-order valence-corrected chi connectivity index (χ2v) is 4.07. The number of carbonyl (C=O) groups excluding carboxylic acids is 1. The lowest BCUT2D eigenvalue weighted by atomic mass is 10.0. The van der Waals surface area contributed by atoms with Crippen LogP contribution in [-0.4, -0.2) is 21.9 Å². The molecule has 18 heavy (non-hydrogen) atoms. The van der Waals surface area contributed by atoms with Gasteiger partial charge in [-0.15, -0.1) is 0 Å². The highest BCUT2D eigenvalue weighted by Gasteiger charge is 2.06. The Kier molecular flexibility index (Phi) is 3.57. The van der Waals surface area contributed by atoms with Crippen LogP contribution in [0.1, 0.15) is 21.5 Å². The van der Waals surface area contributed by atoms with Gasteiger partial charge in [-0.3, -0.25) is 9.59 Å². The van der Waals surface area contributed by atoms with Gasteiger partial charge in [-0.25, -0.2) is 0 Å². The molecule has 4 heteroatoms. The summed E-state index contributed by atoms with van der Waals surface area (Å²) in [6.07, 6.45) is 4.35. The zero-order valence-electron chi connectivity index (χ0n) is 9.74. The molecule has 0 amide bonds. The monoisotopic (exact) mass is 243 g/mol. The zero-order valence-corrected chi connectivity index (χ0v) is 9.74. The van der Waals surface area contributed by atoms with Gasteiger partial charge in [0.25, 0.3) is 0 Å². The zero-order chi connectivity index (χ0) is 13.0. The summed E-state index contributed by atoms with van der Waals surface area (Å²) in [6, 6.07) is 9.15. The summed E-state index contributed by atoms with van der Waals surface area (Å²) in [5, 5.41) is 8.85. The average molecular weight is 243 g/mol. The molecule has 0 fully saturated rings. The van der Waals surface area contributed by atoms with E-state index in [9.17, 15) is 9.59 Å². The van der Waals surface area contributed by atoms with E-state index in [1.165, 1.54) is 0 Å². The van der Waals surface area contributed by atoms with Crippen LogP contribution in [0.25, 0.3) is 0 Å². The Hall–Kier alpha value is -2.36. The van der Waals surface area contributed by atoms with Gasteiger partial charge in [-0.2, -0.15) is 0 Å². The third-order valence-electron chi connectivity index (χ3n) is 2.72. The van der Waals surface area contributed by atoms with Gasteiger partial charge in [0.05, 0.1) is 6.42 Å². The first-order valence-corrected chi connectivity index (χ1v) is 5.58. The van der Waals surface area contributed by atoms with Crippen molar-refractivity contribution in [2.24, 2.45) is 0 Å². The number of rotatable bonds is 5. The van der Waals surface area contributed by atoms with Gasteiger partial charge in [0.15, 0.2) is 6.29 Å². The summed E-state index contributed by atoms with van der Waals surface area (Å²) < 4.78 is 1.87. The molecule has 1 aromatic carbocycles. The van der Waals surface area contributed by atoms with Gasteiger partial charge in [0.2, 0.25) is 0 Å². The van der Waals surface area contributed by atoms with Crippen LogP contribution in [0.4, 0.5) is 0 Å². The highest BCUT2D eigenvalue weighted by Crippen LogP contribution is 2.12. The van der Waals surface area contributed by atoms with Crippen LogP contribution in [0.5, 0.6) is 0 Å². The maximum atomic E-state index is 10.8. The molecule has 0 saturated heterocycles. The van der Waals surface area contributed by atoms with Crippen LogP contribution < -0.4 is 0 Å². The van der Waals surface area contributed by atoms with E-state index in [1.54, 1.807) is 18.5 Å². The van der Waals surface area contributed by atoms with Crippen molar-refractivity contribution >= 4 is 12.3 Å². The van der Waals surface area contributed by atoms with Crippen molar-refractivity contribution in [1.82, 2.24) is 4.57 Å². The van der Waals surface area contributed by atoms with Gasteiger partial charge in [-0.05, 0) is 17.2 Å². The van der Waals surface area contributed by atoms with Crippen LogP contribution in [0, 0.1) is 0 Å². The number of hydrogen-bond acceptors (Lipinski definition) is 2. The Morgan fingerprint density at radius 1 is 1.22 bits per heavy atom. The third kappa shape index (κ3) is 2.85. The van der Waals surface area contributed by atoms with Gasteiger partial charge >= 0.3 is 5.97 Å². The second kappa shape index (κ2) is 5.31. The van der Waals surface area contributed by atoms with Gasteiger partial charge in [0, 0.05) is 24.5 Å². The van der Waals surface area contributed by atoms with Crippen molar-refractivity contribution in [3.63, 3.8) is 0 Å². The molecule has 92 valence electrons. The number of carboxylic acids is 1. The number of nitrogens with zero attached hydrogens (tertiary/aromatic N) is 1. The first kappa shape index (κ1) is 12.1. The number of aromatic nitrogens is 1. The minimum absolute atomic E-state index is 0.0119. The average Bonchev–Trinajstić information content (AvgIpc) is 2.79. The number of carbonyl (C=O) groups is 2. The Balaban J connectivity index is 2.22. The molecule has 1 aromatic heterocycles. The highest BCUT2D eigenvalue weighted by molar-refractivity contribution is 5.74. The van der Waals surface area contributed by atoms with Crippen LogP contribution in [0.2, 0.25) is 0 Å². The van der Waals surface area contributed by atoms with E-state index in [0.29, 0.717) is 12.1 Å². The normalized spacial score (nSPS) is 10.2. The van der Waals surface area contributed by atoms with Crippen LogP contribution in [0.3, 0.4) is 0 Å². The van der Waals surface area contributed by atoms with Gasteiger partial charge < -0.3 is 9.67 Å². The molecular formula is C14H13NO3. The lowest BCUT2D eigenvalue weighted by Crippen LogP contribution is -2.06. The first-order chi connectivity index (χ1) is 8.69. The molecule has 1 heterocycles. The van der Waals surface area contributed by atoms with Crippen LogP contribution in [0.15, 0.2) is 42.7 Å². The maximum Gasteiger partial charge on any atom is 0.307 e. The summed E-state index contributed by atoms with van der Waals surface area (Å²) in [5.74, 6) is -0.844. The van der Waals surface area contributed by atoms with Crippen molar-refractivity contribution in [3.05, 3.63) is 59.4 Å². The predicted molar refractivity (Wildman–Crippen MR) is 66.7 cm³/mol. The summed E-state index contributed by atoms with van der Waals surface area (Å²) in [4.78, 5) is 21.4.